The van der Waals surface area contributed by atoms with Crippen LogP contribution in [0.1, 0.15) is 33.9 Å². The number of nitrogens with zero attached hydrogens (tertiary/aromatic N) is 4. The van der Waals surface area contributed by atoms with Gasteiger partial charge in [-0.3, -0.25) is 9.89 Å². The maximum absolute atomic E-state index is 13.3. The van der Waals surface area contributed by atoms with Crippen molar-refractivity contribution in [2.45, 2.75) is 38.5 Å². The van der Waals surface area contributed by atoms with E-state index in [0.717, 1.165) is 36.2 Å². The Hall–Kier alpha value is -3.09. The molecule has 7 heteroatoms. The van der Waals surface area contributed by atoms with Crippen LogP contribution in [0, 0.1) is 0 Å². The van der Waals surface area contributed by atoms with Crippen LogP contribution in [0.3, 0.4) is 0 Å². The summed E-state index contributed by atoms with van der Waals surface area (Å²) in [6.07, 6.45) is 6.55. The number of aromatic nitrogens is 4. The van der Waals surface area contributed by atoms with Crippen molar-refractivity contribution in [1.29, 1.82) is 0 Å². The largest absolute Gasteiger partial charge is 0.471 e. The normalized spacial score (nSPS) is 18.7. The minimum absolute atomic E-state index is 0.0290. The number of H-pyrrole nitrogens is 1. The van der Waals surface area contributed by atoms with E-state index in [4.69, 9.17) is 4.74 Å². The molecule has 0 bridgehead atoms. The van der Waals surface area contributed by atoms with Crippen molar-refractivity contribution in [3.63, 3.8) is 0 Å². The molecule has 3 aromatic rings. The number of pyridine rings is 1. The first-order valence-electron chi connectivity index (χ1n) is 9.35. The van der Waals surface area contributed by atoms with Crippen LogP contribution in [0.4, 0.5) is 0 Å². The van der Waals surface area contributed by atoms with Crippen LogP contribution >= 0.6 is 0 Å². The summed E-state index contributed by atoms with van der Waals surface area (Å²) in [4.78, 5) is 19.4. The highest BCUT2D eigenvalue weighted by Gasteiger charge is 2.31. The highest BCUT2D eigenvalue weighted by molar-refractivity contribution is 5.94. The quantitative estimate of drug-likeness (QED) is 0.774. The number of fused-ring (bicyclic) bond motifs is 2. The van der Waals surface area contributed by atoms with E-state index in [9.17, 15) is 4.79 Å². The van der Waals surface area contributed by atoms with E-state index in [1.54, 1.807) is 6.20 Å². The summed E-state index contributed by atoms with van der Waals surface area (Å²) in [6.45, 7) is 1.73. The minimum atomic E-state index is -0.176. The second kappa shape index (κ2) is 6.57. The fourth-order valence-corrected chi connectivity index (χ4v) is 4.02. The Balaban J connectivity index is 1.43. The van der Waals surface area contributed by atoms with Crippen molar-refractivity contribution < 1.29 is 9.53 Å². The number of amides is 1. The number of rotatable bonds is 3. The van der Waals surface area contributed by atoms with E-state index >= 15 is 0 Å². The molecule has 1 N–H and O–H groups in total. The number of hydrogen-bond donors (Lipinski definition) is 1. The molecule has 4 heterocycles. The molecule has 138 valence electrons. The number of aryl methyl sites for hydroxylation is 1. The molecular weight excluding hydrogens is 342 g/mol. The lowest BCUT2D eigenvalue weighted by Crippen LogP contribution is -2.39. The summed E-state index contributed by atoms with van der Waals surface area (Å²) < 4.78 is 8.25. The lowest BCUT2D eigenvalue weighted by molar-refractivity contribution is 0.0639. The molecule has 1 atom stereocenters. The zero-order valence-corrected chi connectivity index (χ0v) is 15.0. The summed E-state index contributed by atoms with van der Waals surface area (Å²) >= 11 is 0. The van der Waals surface area contributed by atoms with Gasteiger partial charge in [0.25, 0.3) is 5.91 Å². The van der Waals surface area contributed by atoms with Gasteiger partial charge in [-0.15, -0.1) is 0 Å². The fourth-order valence-electron chi connectivity index (χ4n) is 4.02. The van der Waals surface area contributed by atoms with E-state index in [1.165, 1.54) is 0 Å². The second-order valence-corrected chi connectivity index (χ2v) is 7.13. The van der Waals surface area contributed by atoms with Crippen molar-refractivity contribution in [2.24, 2.45) is 0 Å². The first-order valence-corrected chi connectivity index (χ1v) is 9.35. The Labute approximate surface area is 157 Å². The summed E-state index contributed by atoms with van der Waals surface area (Å²) in [5.74, 6) is 0.546. The van der Waals surface area contributed by atoms with E-state index in [-0.39, 0.29) is 12.0 Å². The highest BCUT2D eigenvalue weighted by atomic mass is 16.5. The van der Waals surface area contributed by atoms with Gasteiger partial charge in [-0.1, -0.05) is 6.07 Å². The van der Waals surface area contributed by atoms with E-state index < -0.39 is 0 Å². The number of aromatic amines is 1. The molecule has 0 radical (unpaired) electrons. The molecule has 5 rings (SSSR count). The average molecular weight is 363 g/mol. The molecule has 1 amide bonds. The highest BCUT2D eigenvalue weighted by Crippen LogP contribution is 2.25. The third kappa shape index (κ3) is 2.99. The third-order valence-electron chi connectivity index (χ3n) is 5.32. The molecule has 3 aromatic heterocycles. The SMILES string of the molecule is O=C(c1n[nH]c2c1CCC2)N1Cc2cccn2C[C@@H](Oc2ccccn2)C1. The molecule has 0 saturated carbocycles. The zero-order chi connectivity index (χ0) is 18.2. The number of ether oxygens (including phenoxy) is 1. The van der Waals surface area contributed by atoms with Gasteiger partial charge in [-0.25, -0.2) is 4.98 Å². The van der Waals surface area contributed by atoms with Crippen LogP contribution in [0.5, 0.6) is 5.88 Å². The molecule has 7 nitrogen and oxygen atoms in total. The van der Waals surface area contributed by atoms with Gasteiger partial charge in [0, 0.05) is 35.4 Å². The molecule has 1 aliphatic heterocycles. The number of carbonyl (C=O) groups excluding carboxylic acids is 1. The van der Waals surface area contributed by atoms with Crippen LogP contribution in [0.2, 0.25) is 0 Å². The molecule has 0 saturated heterocycles. The number of hydrogen-bond acceptors (Lipinski definition) is 4. The Bertz CT molecular complexity index is 962. The topological polar surface area (TPSA) is 76.0 Å². The molecule has 0 aromatic carbocycles. The standard InChI is InChI=1S/C20H21N5O2/c26-20(19-16-6-3-7-17(16)22-23-19)25-11-14-5-4-10-24(14)12-15(13-25)27-18-8-1-2-9-21-18/h1-2,4-5,8-10,15H,3,6-7,11-13H2,(H,22,23)/t15-/m1/s1. The summed E-state index contributed by atoms with van der Waals surface area (Å²) in [5.41, 5.74) is 3.86. The maximum atomic E-state index is 13.3. The Morgan fingerprint density at radius 3 is 3.04 bits per heavy atom. The van der Waals surface area contributed by atoms with E-state index in [1.807, 2.05) is 35.4 Å². The van der Waals surface area contributed by atoms with Crippen LogP contribution in [-0.2, 0) is 25.9 Å². The Kier molecular flexibility index (Phi) is 3.92. The molecule has 0 unspecified atom stereocenters. The van der Waals surface area contributed by atoms with E-state index in [2.05, 4.69) is 25.8 Å². The summed E-state index contributed by atoms with van der Waals surface area (Å²) in [5, 5.41) is 7.36. The van der Waals surface area contributed by atoms with Gasteiger partial charge in [0.2, 0.25) is 5.88 Å². The maximum Gasteiger partial charge on any atom is 0.275 e. The first kappa shape index (κ1) is 16.1. The van der Waals surface area contributed by atoms with Crippen molar-refractivity contribution in [3.05, 3.63) is 65.4 Å². The molecule has 1 aliphatic carbocycles. The molecule has 0 spiro atoms. The zero-order valence-electron chi connectivity index (χ0n) is 15.0. The summed E-state index contributed by atoms with van der Waals surface area (Å²) in [7, 11) is 0. The van der Waals surface area contributed by atoms with Gasteiger partial charge in [-0.05, 0) is 37.5 Å². The molecular formula is C20H21N5O2. The van der Waals surface area contributed by atoms with E-state index in [0.29, 0.717) is 31.2 Å². The van der Waals surface area contributed by atoms with Crippen molar-refractivity contribution in [3.8, 4) is 5.88 Å². The predicted molar refractivity (Wildman–Crippen MR) is 98.4 cm³/mol. The molecule has 2 aliphatic rings. The van der Waals surface area contributed by atoms with Gasteiger partial charge in [0.15, 0.2) is 5.69 Å². The third-order valence-corrected chi connectivity index (χ3v) is 5.32. The average Bonchev–Trinajstić information content (AvgIpc) is 3.37. The second-order valence-electron chi connectivity index (χ2n) is 7.13. The number of nitrogens with one attached hydrogen (secondary N) is 1. The monoisotopic (exact) mass is 363 g/mol. The lowest BCUT2D eigenvalue weighted by Gasteiger charge is -2.24. The number of carbonyl (C=O) groups is 1. The van der Waals surface area contributed by atoms with Crippen LogP contribution in [0.15, 0.2) is 42.7 Å². The van der Waals surface area contributed by atoms with Gasteiger partial charge in [-0.2, -0.15) is 5.10 Å². The predicted octanol–water partition coefficient (Wildman–Crippen LogP) is 2.20. The molecule has 27 heavy (non-hydrogen) atoms. The van der Waals surface area contributed by atoms with Crippen LogP contribution in [0.25, 0.3) is 0 Å². The van der Waals surface area contributed by atoms with Gasteiger partial charge < -0.3 is 14.2 Å². The Morgan fingerprint density at radius 2 is 2.15 bits per heavy atom. The van der Waals surface area contributed by atoms with Crippen molar-refractivity contribution >= 4 is 5.91 Å². The molecule has 0 fully saturated rings. The van der Waals surface area contributed by atoms with Crippen LogP contribution in [-0.4, -0.2) is 43.2 Å². The van der Waals surface area contributed by atoms with Gasteiger partial charge in [0.1, 0.15) is 6.10 Å². The summed E-state index contributed by atoms with van der Waals surface area (Å²) in [6, 6.07) is 9.66. The smallest absolute Gasteiger partial charge is 0.275 e. The van der Waals surface area contributed by atoms with Gasteiger partial charge >= 0.3 is 0 Å². The van der Waals surface area contributed by atoms with Crippen molar-refractivity contribution in [1.82, 2.24) is 24.6 Å². The fraction of sp³-hybridized carbons (Fsp3) is 0.350. The van der Waals surface area contributed by atoms with Crippen molar-refractivity contribution in [2.75, 3.05) is 6.54 Å². The Morgan fingerprint density at radius 1 is 1.19 bits per heavy atom. The van der Waals surface area contributed by atoms with Gasteiger partial charge in [0.05, 0.1) is 19.6 Å². The van der Waals surface area contributed by atoms with Crippen LogP contribution < -0.4 is 4.74 Å². The lowest BCUT2D eigenvalue weighted by atomic mass is 10.1. The first-order chi connectivity index (χ1) is 13.3. The minimum Gasteiger partial charge on any atom is -0.471 e.